The largest absolute Gasteiger partial charge is 0.370 e. The Balaban J connectivity index is 1.99. The second-order valence-electron chi connectivity index (χ2n) is 4.99. The molecule has 0 radical (unpaired) electrons. The quantitative estimate of drug-likeness (QED) is 0.619. The predicted octanol–water partition coefficient (Wildman–Crippen LogP) is 1.72. The lowest BCUT2D eigenvalue weighted by atomic mass is 10.2. The first-order valence-electron chi connectivity index (χ1n) is 6.74. The number of likely N-dealkylation sites (tertiary alicyclic amines) is 1. The fraction of sp³-hybridized carbons (Fsp3) is 0.692. The molecule has 0 saturated carbocycles. The summed E-state index contributed by atoms with van der Waals surface area (Å²) in [6.07, 6.45) is 5.06. The molecule has 3 N–H and O–H groups in total. The van der Waals surface area contributed by atoms with Gasteiger partial charge in [0.2, 0.25) is 0 Å². The Labute approximate surface area is 108 Å². The number of aromatic amines is 1. The monoisotopic (exact) mass is 249 g/mol. The molecule has 5 heteroatoms. The summed E-state index contributed by atoms with van der Waals surface area (Å²) in [6, 6.07) is 0. The van der Waals surface area contributed by atoms with E-state index < -0.39 is 0 Å². The maximum Gasteiger partial charge on any atom is 0.191 e. The molecule has 0 amide bonds. The summed E-state index contributed by atoms with van der Waals surface area (Å²) in [5, 5.41) is 7.15. The van der Waals surface area contributed by atoms with Crippen molar-refractivity contribution in [1.82, 2.24) is 15.1 Å². The van der Waals surface area contributed by atoms with Crippen molar-refractivity contribution in [3.05, 3.63) is 17.0 Å². The number of nitrogens with two attached hydrogens (primary N) is 1. The Hall–Kier alpha value is -1.52. The van der Waals surface area contributed by atoms with Crippen LogP contribution < -0.4 is 5.73 Å². The number of rotatable bonds is 2. The molecule has 1 aliphatic rings. The lowest BCUT2D eigenvalue weighted by molar-refractivity contribution is 0.428. The molecule has 18 heavy (non-hydrogen) atoms. The molecule has 0 aromatic carbocycles. The van der Waals surface area contributed by atoms with Crippen LogP contribution in [0.2, 0.25) is 0 Å². The van der Waals surface area contributed by atoms with E-state index in [1.807, 2.05) is 13.8 Å². The zero-order valence-electron chi connectivity index (χ0n) is 11.4. The lowest BCUT2D eigenvalue weighted by Gasteiger charge is -2.21. The molecular weight excluding hydrogens is 226 g/mol. The number of H-pyrrole nitrogens is 1. The molecule has 1 aliphatic heterocycles. The molecule has 1 saturated heterocycles. The number of hydrogen-bond acceptors (Lipinski definition) is 2. The molecule has 0 bridgehead atoms. The first-order chi connectivity index (χ1) is 8.68. The van der Waals surface area contributed by atoms with Crippen molar-refractivity contribution in [2.45, 2.75) is 46.1 Å². The average Bonchev–Trinajstić information content (AvgIpc) is 2.61. The van der Waals surface area contributed by atoms with E-state index in [2.05, 4.69) is 20.1 Å². The van der Waals surface area contributed by atoms with E-state index in [1.165, 1.54) is 25.7 Å². The van der Waals surface area contributed by atoms with Gasteiger partial charge in [-0.05, 0) is 26.7 Å². The summed E-state index contributed by atoms with van der Waals surface area (Å²) in [5.41, 5.74) is 9.34. The summed E-state index contributed by atoms with van der Waals surface area (Å²) < 4.78 is 0. The highest BCUT2D eigenvalue weighted by molar-refractivity contribution is 5.78. The van der Waals surface area contributed by atoms with Crippen molar-refractivity contribution in [1.29, 1.82) is 0 Å². The van der Waals surface area contributed by atoms with Crippen LogP contribution in [0.4, 0.5) is 0 Å². The Morgan fingerprint density at radius 1 is 1.28 bits per heavy atom. The zero-order valence-corrected chi connectivity index (χ0v) is 11.4. The van der Waals surface area contributed by atoms with E-state index >= 15 is 0 Å². The fourth-order valence-electron chi connectivity index (χ4n) is 2.37. The van der Waals surface area contributed by atoms with Crippen LogP contribution in [0.15, 0.2) is 4.99 Å². The van der Waals surface area contributed by atoms with Gasteiger partial charge in [0, 0.05) is 24.3 Å². The van der Waals surface area contributed by atoms with Crippen molar-refractivity contribution in [3.63, 3.8) is 0 Å². The van der Waals surface area contributed by atoms with Crippen LogP contribution >= 0.6 is 0 Å². The summed E-state index contributed by atoms with van der Waals surface area (Å²) in [7, 11) is 0. The molecule has 5 nitrogen and oxygen atoms in total. The topological polar surface area (TPSA) is 70.3 Å². The van der Waals surface area contributed by atoms with Crippen molar-refractivity contribution in [2.75, 3.05) is 13.1 Å². The minimum atomic E-state index is 0.622. The third-order valence-corrected chi connectivity index (χ3v) is 3.61. The van der Waals surface area contributed by atoms with E-state index in [0.29, 0.717) is 12.5 Å². The highest BCUT2D eigenvalue weighted by atomic mass is 15.2. The minimum Gasteiger partial charge on any atom is -0.370 e. The van der Waals surface area contributed by atoms with E-state index in [9.17, 15) is 0 Å². The highest BCUT2D eigenvalue weighted by Crippen LogP contribution is 2.12. The van der Waals surface area contributed by atoms with Crippen LogP contribution in [0.25, 0.3) is 0 Å². The number of nitrogens with one attached hydrogen (secondary N) is 1. The Morgan fingerprint density at radius 2 is 1.94 bits per heavy atom. The van der Waals surface area contributed by atoms with Crippen molar-refractivity contribution < 1.29 is 0 Å². The molecule has 2 heterocycles. The number of aryl methyl sites for hydroxylation is 2. The van der Waals surface area contributed by atoms with Crippen LogP contribution in [0, 0.1) is 13.8 Å². The molecule has 1 aromatic heterocycles. The van der Waals surface area contributed by atoms with Gasteiger partial charge in [-0.2, -0.15) is 5.10 Å². The molecular formula is C13H23N5. The van der Waals surface area contributed by atoms with Crippen LogP contribution in [0.1, 0.15) is 42.6 Å². The van der Waals surface area contributed by atoms with E-state index in [1.54, 1.807) is 0 Å². The van der Waals surface area contributed by atoms with Gasteiger partial charge in [-0.1, -0.05) is 12.8 Å². The first kappa shape index (κ1) is 12.9. The Kier molecular flexibility index (Phi) is 4.23. The van der Waals surface area contributed by atoms with Crippen molar-refractivity contribution in [3.8, 4) is 0 Å². The minimum absolute atomic E-state index is 0.622. The first-order valence-corrected chi connectivity index (χ1v) is 6.74. The average molecular weight is 249 g/mol. The normalized spacial score (nSPS) is 17.9. The highest BCUT2D eigenvalue weighted by Gasteiger charge is 2.11. The Bertz CT molecular complexity index is 394. The summed E-state index contributed by atoms with van der Waals surface area (Å²) in [6.45, 7) is 6.72. The van der Waals surface area contributed by atoms with Crippen LogP contribution in [0.3, 0.4) is 0 Å². The summed E-state index contributed by atoms with van der Waals surface area (Å²) in [4.78, 5) is 6.72. The fourth-order valence-corrected chi connectivity index (χ4v) is 2.37. The molecule has 100 valence electrons. The van der Waals surface area contributed by atoms with E-state index in [0.717, 1.165) is 30.0 Å². The predicted molar refractivity (Wildman–Crippen MR) is 73.4 cm³/mol. The molecule has 0 atom stereocenters. The van der Waals surface area contributed by atoms with Gasteiger partial charge in [0.05, 0.1) is 12.2 Å². The van der Waals surface area contributed by atoms with Gasteiger partial charge in [-0.15, -0.1) is 0 Å². The van der Waals surface area contributed by atoms with Gasteiger partial charge >= 0.3 is 0 Å². The van der Waals surface area contributed by atoms with Gasteiger partial charge in [0.1, 0.15) is 0 Å². The van der Waals surface area contributed by atoms with Crippen molar-refractivity contribution >= 4 is 5.96 Å². The molecule has 1 fully saturated rings. The van der Waals surface area contributed by atoms with Gasteiger partial charge < -0.3 is 10.6 Å². The maximum atomic E-state index is 6.08. The molecule has 0 spiro atoms. The van der Waals surface area contributed by atoms with E-state index in [4.69, 9.17) is 5.73 Å². The third-order valence-electron chi connectivity index (χ3n) is 3.61. The summed E-state index contributed by atoms with van der Waals surface area (Å²) >= 11 is 0. The smallest absolute Gasteiger partial charge is 0.191 e. The second kappa shape index (κ2) is 5.89. The third kappa shape index (κ3) is 3.03. The van der Waals surface area contributed by atoms with Gasteiger partial charge in [-0.25, -0.2) is 4.99 Å². The lowest BCUT2D eigenvalue weighted by Crippen LogP contribution is -2.38. The molecule has 2 rings (SSSR count). The van der Waals surface area contributed by atoms with Gasteiger partial charge in [0.15, 0.2) is 5.96 Å². The number of guanidine groups is 1. The molecule has 0 aliphatic carbocycles. The number of hydrogen-bond donors (Lipinski definition) is 2. The van der Waals surface area contributed by atoms with Gasteiger partial charge in [0.25, 0.3) is 0 Å². The number of aromatic nitrogens is 2. The van der Waals surface area contributed by atoms with Gasteiger partial charge in [-0.3, -0.25) is 5.10 Å². The number of aliphatic imine (C=N–C) groups is 1. The van der Waals surface area contributed by atoms with Crippen LogP contribution in [0.5, 0.6) is 0 Å². The second-order valence-corrected chi connectivity index (χ2v) is 4.99. The van der Waals surface area contributed by atoms with Crippen molar-refractivity contribution in [2.24, 2.45) is 10.7 Å². The zero-order chi connectivity index (χ0) is 13.0. The standard InChI is InChI=1S/C13H23N5/c1-10-12(11(2)17-16-10)9-15-13(14)18-7-5-3-4-6-8-18/h3-9H2,1-2H3,(H2,14,15)(H,16,17). The SMILES string of the molecule is Cc1n[nH]c(C)c1CN=C(N)N1CCCCCC1. The number of nitrogens with zero attached hydrogens (tertiary/aromatic N) is 3. The Morgan fingerprint density at radius 3 is 2.50 bits per heavy atom. The maximum absolute atomic E-state index is 6.08. The summed E-state index contributed by atoms with van der Waals surface area (Å²) in [5.74, 6) is 0.678. The molecule has 0 unspecified atom stereocenters. The molecule has 1 aromatic rings. The van der Waals surface area contributed by atoms with E-state index in [-0.39, 0.29) is 0 Å². The van der Waals surface area contributed by atoms with Crippen LogP contribution in [-0.4, -0.2) is 34.1 Å². The van der Waals surface area contributed by atoms with Crippen LogP contribution in [-0.2, 0) is 6.54 Å².